The van der Waals surface area contributed by atoms with Gasteiger partial charge in [-0.05, 0) is 48.3 Å². The Hall–Kier alpha value is -4.15. The van der Waals surface area contributed by atoms with E-state index >= 15 is 8.78 Å². The molecule has 1 aromatic carbocycles. The molecule has 1 amide bonds. The van der Waals surface area contributed by atoms with Crippen LogP contribution >= 0.6 is 0 Å². The maximum Gasteiger partial charge on any atom is 0.247 e. The van der Waals surface area contributed by atoms with E-state index in [-0.39, 0.29) is 29.8 Å². The van der Waals surface area contributed by atoms with Crippen molar-refractivity contribution in [3.05, 3.63) is 90.5 Å². The van der Waals surface area contributed by atoms with Crippen LogP contribution in [0, 0.1) is 11.6 Å². The monoisotopic (exact) mass is 534 g/mol. The maximum absolute atomic E-state index is 15.1. The normalized spacial score (nSPS) is 15.7. The van der Waals surface area contributed by atoms with Gasteiger partial charge in [-0.25, -0.2) is 18.7 Å². The summed E-state index contributed by atoms with van der Waals surface area (Å²) >= 11 is 0. The number of carbonyl (C=O) groups excluding carboxylic acids is 1. The van der Waals surface area contributed by atoms with Crippen LogP contribution in [0.3, 0.4) is 0 Å². The Kier molecular flexibility index (Phi) is 9.00. The van der Waals surface area contributed by atoms with Crippen LogP contribution in [0.1, 0.15) is 24.1 Å². The van der Waals surface area contributed by atoms with Gasteiger partial charge in [0.25, 0.3) is 0 Å². The fraction of sp³-hybridized carbons (Fsp3) is 0.276. The number of rotatable bonds is 10. The molecule has 0 saturated carbocycles. The first-order valence-corrected chi connectivity index (χ1v) is 12.7. The van der Waals surface area contributed by atoms with E-state index in [0.29, 0.717) is 68.1 Å². The molecule has 1 fully saturated rings. The van der Waals surface area contributed by atoms with Crippen LogP contribution in [0.4, 0.5) is 26.1 Å². The largest absolute Gasteiger partial charge is 0.395 e. The molecule has 2 aromatic rings. The maximum atomic E-state index is 15.1. The summed E-state index contributed by atoms with van der Waals surface area (Å²) in [5.41, 5.74) is 3.33. The number of nitrogens with one attached hydrogen (secondary N) is 2. The van der Waals surface area contributed by atoms with Crippen LogP contribution in [0.15, 0.2) is 67.6 Å². The summed E-state index contributed by atoms with van der Waals surface area (Å²) in [7, 11) is 0. The molecule has 0 spiro atoms. The van der Waals surface area contributed by atoms with Crippen molar-refractivity contribution in [3.63, 3.8) is 0 Å². The van der Waals surface area contributed by atoms with Crippen molar-refractivity contribution in [2.75, 3.05) is 49.5 Å². The van der Waals surface area contributed by atoms with Crippen LogP contribution in [0.25, 0.3) is 11.6 Å². The SMILES string of the molecule is C=CC(=O)NC1=CCCC(C(=C)c2nc(Nc3ccc(N4CCN(CCO)CC4)c(F)c3F)ncc2C=C)=C1. The van der Waals surface area contributed by atoms with Gasteiger partial charge in [0.05, 0.1) is 23.7 Å². The molecule has 0 radical (unpaired) electrons. The molecule has 2 aliphatic rings. The van der Waals surface area contributed by atoms with Gasteiger partial charge in [0.2, 0.25) is 11.9 Å². The molecule has 3 N–H and O–H groups in total. The third-order valence-electron chi connectivity index (χ3n) is 6.71. The second-order valence-electron chi connectivity index (χ2n) is 9.18. The standard InChI is InChI=1S/C29H32F2N6O2/c1-4-20-18-32-29(35-28(20)19(3)21-7-6-8-22(17-21)33-25(39)5-2)34-23-9-10-24(27(31)26(23)30)37-13-11-36(12-14-37)15-16-38/h4-5,8-10,17-18,38H,1-3,6-7,11-16H2,(H,33,39)(H,32,34,35). The van der Waals surface area contributed by atoms with E-state index in [0.717, 1.165) is 5.57 Å². The first-order chi connectivity index (χ1) is 18.8. The summed E-state index contributed by atoms with van der Waals surface area (Å²) in [6.45, 7) is 14.5. The highest BCUT2D eigenvalue weighted by Crippen LogP contribution is 2.32. The fourth-order valence-electron chi connectivity index (χ4n) is 4.57. The summed E-state index contributed by atoms with van der Waals surface area (Å²) < 4.78 is 30.2. The number of benzene rings is 1. The predicted molar refractivity (Wildman–Crippen MR) is 150 cm³/mol. The van der Waals surface area contributed by atoms with Crippen molar-refractivity contribution in [3.8, 4) is 0 Å². The Balaban J connectivity index is 1.54. The summed E-state index contributed by atoms with van der Waals surface area (Å²) in [6.07, 6.45) is 9.46. The zero-order valence-electron chi connectivity index (χ0n) is 21.7. The molecule has 8 nitrogen and oxygen atoms in total. The Morgan fingerprint density at radius 2 is 1.92 bits per heavy atom. The van der Waals surface area contributed by atoms with Gasteiger partial charge in [-0.15, -0.1) is 0 Å². The van der Waals surface area contributed by atoms with E-state index < -0.39 is 11.6 Å². The molecule has 4 rings (SSSR count). The predicted octanol–water partition coefficient (Wildman–Crippen LogP) is 4.18. The number of halogens is 2. The minimum atomic E-state index is -1.02. The van der Waals surface area contributed by atoms with Crippen LogP contribution in [0.2, 0.25) is 0 Å². The quantitative estimate of drug-likeness (QED) is 0.394. The van der Waals surface area contributed by atoms with E-state index in [2.05, 4.69) is 45.2 Å². The van der Waals surface area contributed by atoms with Gasteiger partial charge < -0.3 is 20.6 Å². The number of hydrogen-bond donors (Lipinski definition) is 3. The van der Waals surface area contributed by atoms with E-state index in [1.54, 1.807) is 17.0 Å². The van der Waals surface area contributed by atoms with E-state index in [4.69, 9.17) is 5.11 Å². The van der Waals surface area contributed by atoms with Crippen molar-refractivity contribution < 1.29 is 18.7 Å². The van der Waals surface area contributed by atoms with Crippen LogP contribution in [0.5, 0.6) is 0 Å². The molecule has 204 valence electrons. The molecule has 10 heteroatoms. The summed E-state index contributed by atoms with van der Waals surface area (Å²) in [4.78, 5) is 24.4. The third kappa shape index (κ3) is 6.47. The molecular formula is C29H32F2N6O2. The van der Waals surface area contributed by atoms with Crippen LogP contribution < -0.4 is 15.5 Å². The van der Waals surface area contributed by atoms with Gasteiger partial charge in [-0.3, -0.25) is 9.69 Å². The number of hydrogen-bond acceptors (Lipinski definition) is 7. The van der Waals surface area contributed by atoms with Gasteiger partial charge in [0.1, 0.15) is 0 Å². The van der Waals surface area contributed by atoms with Crippen LogP contribution in [-0.2, 0) is 4.79 Å². The summed E-state index contributed by atoms with van der Waals surface area (Å²) in [6, 6.07) is 3.01. The molecule has 1 saturated heterocycles. The lowest BCUT2D eigenvalue weighted by Gasteiger charge is -2.36. The van der Waals surface area contributed by atoms with Gasteiger partial charge in [0, 0.05) is 50.2 Å². The van der Waals surface area contributed by atoms with Crippen molar-refractivity contribution in [2.45, 2.75) is 12.8 Å². The first kappa shape index (κ1) is 27.9. The average molecular weight is 535 g/mol. The highest BCUT2D eigenvalue weighted by Gasteiger charge is 2.23. The Morgan fingerprint density at radius 1 is 1.15 bits per heavy atom. The van der Waals surface area contributed by atoms with Gasteiger partial charge >= 0.3 is 0 Å². The molecule has 0 unspecified atom stereocenters. The number of β-amino-alcohol motifs (C(OH)–C–C–N with tert-alkyl or cyclic N) is 1. The fourth-order valence-corrected chi connectivity index (χ4v) is 4.57. The number of aliphatic hydroxyl groups excluding tert-OH is 1. The molecule has 39 heavy (non-hydrogen) atoms. The second-order valence-corrected chi connectivity index (χ2v) is 9.18. The third-order valence-corrected chi connectivity index (χ3v) is 6.71. The second kappa shape index (κ2) is 12.6. The average Bonchev–Trinajstić information content (AvgIpc) is 2.96. The van der Waals surface area contributed by atoms with E-state index in [9.17, 15) is 4.79 Å². The topological polar surface area (TPSA) is 93.6 Å². The number of amides is 1. The Morgan fingerprint density at radius 3 is 2.62 bits per heavy atom. The first-order valence-electron chi connectivity index (χ1n) is 12.7. The van der Waals surface area contributed by atoms with Crippen molar-refractivity contribution in [1.29, 1.82) is 0 Å². The Labute approximate surface area is 226 Å². The molecule has 2 heterocycles. The number of aromatic nitrogens is 2. The zero-order valence-corrected chi connectivity index (χ0v) is 21.7. The van der Waals surface area contributed by atoms with Gasteiger partial charge in [-0.2, -0.15) is 0 Å². The number of piperazine rings is 1. The van der Waals surface area contributed by atoms with Crippen molar-refractivity contribution in [1.82, 2.24) is 20.2 Å². The van der Waals surface area contributed by atoms with Crippen molar-refractivity contribution in [2.24, 2.45) is 0 Å². The van der Waals surface area contributed by atoms with Gasteiger partial charge in [0.15, 0.2) is 11.6 Å². The minimum absolute atomic E-state index is 0.0674. The van der Waals surface area contributed by atoms with E-state index in [1.165, 1.54) is 18.3 Å². The Bertz CT molecular complexity index is 1350. The number of nitrogens with zero attached hydrogens (tertiary/aromatic N) is 4. The lowest BCUT2D eigenvalue weighted by atomic mass is 9.93. The summed E-state index contributed by atoms with van der Waals surface area (Å²) in [5.74, 6) is -2.21. The molecule has 0 atom stereocenters. The smallest absolute Gasteiger partial charge is 0.247 e. The highest BCUT2D eigenvalue weighted by atomic mass is 19.2. The van der Waals surface area contributed by atoms with Crippen LogP contribution in [-0.4, -0.2) is 65.2 Å². The van der Waals surface area contributed by atoms with E-state index in [1.807, 2.05) is 12.2 Å². The number of allylic oxidation sites excluding steroid dienone is 4. The highest BCUT2D eigenvalue weighted by molar-refractivity contribution is 5.89. The number of anilines is 3. The molecule has 0 bridgehead atoms. The lowest BCUT2D eigenvalue weighted by molar-refractivity contribution is -0.115. The van der Waals surface area contributed by atoms with Crippen molar-refractivity contribution >= 4 is 34.9 Å². The summed E-state index contributed by atoms with van der Waals surface area (Å²) in [5, 5.41) is 14.7. The lowest BCUT2D eigenvalue weighted by Crippen LogP contribution is -2.47. The molecule has 1 aromatic heterocycles. The molecule has 1 aliphatic carbocycles. The molecular weight excluding hydrogens is 502 g/mol. The molecule has 1 aliphatic heterocycles. The number of aliphatic hydroxyl groups is 1. The minimum Gasteiger partial charge on any atom is -0.395 e. The van der Waals surface area contributed by atoms with Gasteiger partial charge in [-0.1, -0.05) is 31.9 Å². The number of carbonyl (C=O) groups is 1. The zero-order chi connectivity index (χ0) is 27.9.